The van der Waals surface area contributed by atoms with Crippen LogP contribution in [-0.4, -0.2) is 24.4 Å². The summed E-state index contributed by atoms with van der Waals surface area (Å²) in [7, 11) is 0. The highest BCUT2D eigenvalue weighted by Gasteiger charge is 2.23. The van der Waals surface area contributed by atoms with Crippen molar-refractivity contribution in [3.8, 4) is 0 Å². The molecule has 24 heavy (non-hydrogen) atoms. The Morgan fingerprint density at radius 3 is 2.50 bits per heavy atom. The summed E-state index contributed by atoms with van der Waals surface area (Å²) in [5, 5.41) is 2.91. The molecule has 1 aromatic carbocycles. The van der Waals surface area contributed by atoms with Gasteiger partial charge in [0.2, 0.25) is 0 Å². The van der Waals surface area contributed by atoms with E-state index in [1.807, 2.05) is 13.8 Å². The number of ether oxygens (including phenoxy) is 2. The summed E-state index contributed by atoms with van der Waals surface area (Å²) in [5.74, 6) is -0.691. The number of hydrogen-bond donors (Lipinski definition) is 2. The second kappa shape index (κ2) is 7.63. The smallest absolute Gasteiger partial charge is 0.431 e. The van der Waals surface area contributed by atoms with Crippen LogP contribution in [0.5, 0.6) is 0 Å². The maximum Gasteiger partial charge on any atom is 0.516 e. The van der Waals surface area contributed by atoms with E-state index in [-0.39, 0.29) is 17.7 Å². The van der Waals surface area contributed by atoms with Crippen LogP contribution in [0.3, 0.4) is 0 Å². The minimum atomic E-state index is -1.02. The Balaban J connectivity index is 1.95. The van der Waals surface area contributed by atoms with Crippen LogP contribution in [0.25, 0.3) is 0 Å². The lowest BCUT2D eigenvalue weighted by Gasteiger charge is -2.20. The van der Waals surface area contributed by atoms with E-state index >= 15 is 0 Å². The molecule has 1 aliphatic heterocycles. The molecule has 0 aliphatic carbocycles. The van der Waals surface area contributed by atoms with Crippen LogP contribution >= 0.6 is 0 Å². The van der Waals surface area contributed by atoms with Gasteiger partial charge in [0.05, 0.1) is 0 Å². The number of carbonyl (C=O) groups excluding carboxylic acids is 2. The molecular weight excluding hydrogens is 310 g/mol. The van der Waals surface area contributed by atoms with Crippen molar-refractivity contribution < 1.29 is 19.1 Å². The van der Waals surface area contributed by atoms with Gasteiger partial charge < -0.3 is 20.5 Å². The van der Waals surface area contributed by atoms with Crippen molar-refractivity contribution in [2.45, 2.75) is 33.0 Å². The average molecular weight is 331 g/mol. The number of anilines is 1. The van der Waals surface area contributed by atoms with Gasteiger partial charge in [-0.3, -0.25) is 4.99 Å². The molecule has 0 fully saturated rings. The molecule has 128 valence electrons. The highest BCUT2D eigenvalue weighted by atomic mass is 16.7. The number of rotatable bonds is 4. The number of nitrogen functional groups attached to an aromatic ring is 1. The highest BCUT2D eigenvalue weighted by Crippen LogP contribution is 2.20. The van der Waals surface area contributed by atoms with Gasteiger partial charge in [-0.2, -0.15) is 0 Å². The van der Waals surface area contributed by atoms with E-state index in [2.05, 4.69) is 10.3 Å². The standard InChI is InChI=1S/C17H21N3O4/c1-10(2)11(3)23-17(22)24-16(21)14-8-9-19-15(20-14)12-4-6-13(18)7-5-12/h4-11,15,20H,18H2,1-3H3. The number of nitrogens with two attached hydrogens (primary N) is 1. The lowest BCUT2D eigenvalue weighted by Crippen LogP contribution is -2.31. The molecule has 0 aromatic heterocycles. The zero-order valence-corrected chi connectivity index (χ0v) is 13.9. The molecule has 1 aromatic rings. The van der Waals surface area contributed by atoms with E-state index < -0.39 is 18.3 Å². The third-order valence-electron chi connectivity index (χ3n) is 3.64. The van der Waals surface area contributed by atoms with Crippen LogP contribution in [0.2, 0.25) is 0 Å². The van der Waals surface area contributed by atoms with Crippen molar-refractivity contribution in [3.05, 3.63) is 41.6 Å². The van der Waals surface area contributed by atoms with Crippen LogP contribution < -0.4 is 11.1 Å². The fraction of sp³-hybridized carbons (Fsp3) is 0.353. The summed E-state index contributed by atoms with van der Waals surface area (Å²) in [4.78, 5) is 27.9. The molecule has 0 bridgehead atoms. The Morgan fingerprint density at radius 2 is 1.88 bits per heavy atom. The van der Waals surface area contributed by atoms with Gasteiger partial charge in [0.25, 0.3) is 0 Å². The Morgan fingerprint density at radius 1 is 1.21 bits per heavy atom. The van der Waals surface area contributed by atoms with E-state index in [0.29, 0.717) is 5.69 Å². The molecule has 7 heteroatoms. The maximum atomic E-state index is 12.1. The quantitative estimate of drug-likeness (QED) is 0.499. The first-order valence-electron chi connectivity index (χ1n) is 7.65. The number of allylic oxidation sites excluding steroid dienone is 1. The summed E-state index contributed by atoms with van der Waals surface area (Å²) >= 11 is 0. The number of aliphatic imine (C=N–C) groups is 1. The summed E-state index contributed by atoms with van der Waals surface area (Å²) in [6, 6.07) is 7.09. The monoisotopic (exact) mass is 331 g/mol. The molecule has 1 heterocycles. The fourth-order valence-electron chi connectivity index (χ4n) is 1.85. The highest BCUT2D eigenvalue weighted by molar-refractivity contribution is 5.98. The van der Waals surface area contributed by atoms with E-state index in [0.717, 1.165) is 5.56 Å². The summed E-state index contributed by atoms with van der Waals surface area (Å²) < 4.78 is 9.71. The molecule has 0 spiro atoms. The molecule has 2 unspecified atom stereocenters. The number of nitrogens with zero attached hydrogens (tertiary/aromatic N) is 1. The third kappa shape index (κ3) is 4.58. The maximum absolute atomic E-state index is 12.1. The van der Waals surface area contributed by atoms with E-state index in [4.69, 9.17) is 15.2 Å². The van der Waals surface area contributed by atoms with E-state index in [1.54, 1.807) is 31.2 Å². The topological polar surface area (TPSA) is 103 Å². The Bertz CT molecular complexity index is 665. The molecule has 1 aliphatic rings. The third-order valence-corrected chi connectivity index (χ3v) is 3.64. The SMILES string of the molecule is CC(C)C(C)OC(=O)OC(=O)C1=CC=NC(c2ccc(N)cc2)N1. The Labute approximate surface area is 140 Å². The second-order valence-corrected chi connectivity index (χ2v) is 5.80. The van der Waals surface area contributed by atoms with Gasteiger partial charge in [0, 0.05) is 11.9 Å². The number of benzene rings is 1. The van der Waals surface area contributed by atoms with Gasteiger partial charge >= 0.3 is 12.1 Å². The average Bonchev–Trinajstić information content (AvgIpc) is 2.55. The minimum absolute atomic E-state index is 0.126. The Kier molecular flexibility index (Phi) is 5.57. The van der Waals surface area contributed by atoms with Crippen molar-refractivity contribution in [2.75, 3.05) is 5.73 Å². The molecule has 3 N–H and O–H groups in total. The fourth-order valence-corrected chi connectivity index (χ4v) is 1.85. The van der Waals surface area contributed by atoms with Crippen molar-refractivity contribution in [2.24, 2.45) is 10.9 Å². The van der Waals surface area contributed by atoms with E-state index in [9.17, 15) is 9.59 Å². The van der Waals surface area contributed by atoms with Gasteiger partial charge in [-0.1, -0.05) is 26.0 Å². The molecule has 0 saturated heterocycles. The normalized spacial score (nSPS) is 17.7. The molecular formula is C17H21N3O4. The largest absolute Gasteiger partial charge is 0.516 e. The van der Waals surface area contributed by atoms with Gasteiger partial charge in [-0.05, 0) is 36.6 Å². The van der Waals surface area contributed by atoms with Crippen LogP contribution in [0.15, 0.2) is 41.0 Å². The van der Waals surface area contributed by atoms with Crippen LogP contribution in [0.4, 0.5) is 10.5 Å². The lowest BCUT2D eigenvalue weighted by atomic mass is 10.1. The number of hydrogen-bond acceptors (Lipinski definition) is 7. The second-order valence-electron chi connectivity index (χ2n) is 5.80. The van der Waals surface area contributed by atoms with Crippen LogP contribution in [0.1, 0.15) is 32.5 Å². The molecule has 0 saturated carbocycles. The summed E-state index contributed by atoms with van der Waals surface area (Å²) in [6.07, 6.45) is 1.10. The molecule has 2 atom stereocenters. The number of nitrogens with one attached hydrogen (secondary N) is 1. The lowest BCUT2D eigenvalue weighted by molar-refractivity contribution is -0.136. The van der Waals surface area contributed by atoms with Gasteiger partial charge in [-0.15, -0.1) is 0 Å². The van der Waals surface area contributed by atoms with Crippen molar-refractivity contribution in [1.29, 1.82) is 0 Å². The van der Waals surface area contributed by atoms with Crippen molar-refractivity contribution in [3.63, 3.8) is 0 Å². The summed E-state index contributed by atoms with van der Waals surface area (Å²) in [5.41, 5.74) is 7.24. The van der Waals surface area contributed by atoms with Crippen molar-refractivity contribution >= 4 is 24.0 Å². The predicted molar refractivity (Wildman–Crippen MR) is 90.2 cm³/mol. The summed E-state index contributed by atoms with van der Waals surface area (Å²) in [6.45, 7) is 5.54. The zero-order valence-electron chi connectivity index (χ0n) is 13.9. The van der Waals surface area contributed by atoms with Crippen LogP contribution in [0, 0.1) is 5.92 Å². The van der Waals surface area contributed by atoms with Crippen LogP contribution in [-0.2, 0) is 14.3 Å². The Hall–Kier alpha value is -2.83. The molecule has 2 rings (SSSR count). The van der Waals surface area contributed by atoms with Gasteiger partial charge in [-0.25, -0.2) is 9.59 Å². The molecule has 0 amide bonds. The van der Waals surface area contributed by atoms with Gasteiger partial charge in [0.15, 0.2) is 0 Å². The first-order chi connectivity index (χ1) is 11.4. The molecule has 7 nitrogen and oxygen atoms in total. The minimum Gasteiger partial charge on any atom is -0.431 e. The first-order valence-corrected chi connectivity index (χ1v) is 7.65. The predicted octanol–water partition coefficient (Wildman–Crippen LogP) is 2.55. The van der Waals surface area contributed by atoms with Crippen molar-refractivity contribution in [1.82, 2.24) is 5.32 Å². The van der Waals surface area contributed by atoms with Gasteiger partial charge in [0.1, 0.15) is 18.0 Å². The number of esters is 1. The number of carbonyl (C=O) groups is 2. The first kappa shape index (κ1) is 17.5. The zero-order chi connectivity index (χ0) is 17.7. The molecule has 0 radical (unpaired) electrons. The van der Waals surface area contributed by atoms with E-state index in [1.165, 1.54) is 12.3 Å².